The van der Waals surface area contributed by atoms with Crippen LogP contribution in [0.5, 0.6) is 0 Å². The zero-order valence-electron chi connectivity index (χ0n) is 9.05. The summed E-state index contributed by atoms with van der Waals surface area (Å²) in [4.78, 5) is 0. The predicted molar refractivity (Wildman–Crippen MR) is 57.2 cm³/mol. The van der Waals surface area contributed by atoms with Crippen LogP contribution >= 0.6 is 0 Å². The van der Waals surface area contributed by atoms with Gasteiger partial charge in [0.1, 0.15) is 5.76 Å². The Hall–Kier alpha value is -0.760. The molecule has 1 aliphatic rings. The molecule has 78 valence electrons. The maximum absolute atomic E-state index is 5.45. The molecule has 1 N–H and O–H groups in total. The highest BCUT2D eigenvalue weighted by Gasteiger charge is 2.21. The first kappa shape index (κ1) is 9.78. The van der Waals surface area contributed by atoms with Gasteiger partial charge >= 0.3 is 0 Å². The van der Waals surface area contributed by atoms with Crippen molar-refractivity contribution in [3.05, 3.63) is 23.7 Å². The minimum absolute atomic E-state index is 0.528. The second-order valence-electron chi connectivity index (χ2n) is 4.53. The van der Waals surface area contributed by atoms with Crippen LogP contribution in [-0.2, 0) is 6.42 Å². The third-order valence-electron chi connectivity index (χ3n) is 2.93. The van der Waals surface area contributed by atoms with Gasteiger partial charge in [0.2, 0.25) is 0 Å². The van der Waals surface area contributed by atoms with Crippen LogP contribution in [0.2, 0.25) is 0 Å². The van der Waals surface area contributed by atoms with Crippen molar-refractivity contribution in [3.63, 3.8) is 0 Å². The second-order valence-corrected chi connectivity index (χ2v) is 4.53. The van der Waals surface area contributed by atoms with Gasteiger partial charge < -0.3 is 9.73 Å². The summed E-state index contributed by atoms with van der Waals surface area (Å²) in [5.74, 6) is 1.98. The van der Waals surface area contributed by atoms with Gasteiger partial charge in [0.15, 0.2) is 0 Å². The van der Waals surface area contributed by atoms with E-state index in [4.69, 9.17) is 4.42 Å². The summed E-state index contributed by atoms with van der Waals surface area (Å²) in [5.41, 5.74) is 1.39. The Morgan fingerprint density at radius 3 is 3.21 bits per heavy atom. The molecule has 2 rings (SSSR count). The summed E-state index contributed by atoms with van der Waals surface area (Å²) in [5, 5.41) is 3.56. The van der Waals surface area contributed by atoms with Crippen molar-refractivity contribution in [2.75, 3.05) is 6.54 Å². The lowest BCUT2D eigenvalue weighted by molar-refractivity contribution is 0.395. The minimum atomic E-state index is 0.528. The van der Waals surface area contributed by atoms with Crippen molar-refractivity contribution < 1.29 is 4.42 Å². The van der Waals surface area contributed by atoms with Gasteiger partial charge in [0.25, 0.3) is 0 Å². The third kappa shape index (κ3) is 2.01. The second kappa shape index (κ2) is 4.18. The molecule has 1 atom stereocenters. The van der Waals surface area contributed by atoms with Gasteiger partial charge in [-0.05, 0) is 24.8 Å². The van der Waals surface area contributed by atoms with Gasteiger partial charge in [0.05, 0.1) is 6.26 Å². The molecule has 1 aromatic heterocycles. The summed E-state index contributed by atoms with van der Waals surface area (Å²) in [7, 11) is 0. The Balaban J connectivity index is 2.01. The summed E-state index contributed by atoms with van der Waals surface area (Å²) in [6.07, 6.45) is 5.37. The number of hydrogen-bond donors (Lipinski definition) is 1. The zero-order valence-corrected chi connectivity index (χ0v) is 9.05. The quantitative estimate of drug-likeness (QED) is 0.798. The van der Waals surface area contributed by atoms with E-state index in [0.717, 1.165) is 18.9 Å². The number of fused-ring (bicyclic) bond motifs is 1. The fourth-order valence-electron chi connectivity index (χ4n) is 2.09. The Kier molecular flexibility index (Phi) is 2.92. The van der Waals surface area contributed by atoms with Crippen molar-refractivity contribution >= 4 is 0 Å². The van der Waals surface area contributed by atoms with Crippen LogP contribution in [0.1, 0.15) is 44.1 Å². The van der Waals surface area contributed by atoms with Gasteiger partial charge in [-0.2, -0.15) is 0 Å². The van der Waals surface area contributed by atoms with E-state index >= 15 is 0 Å². The van der Waals surface area contributed by atoms with E-state index in [1.165, 1.54) is 24.2 Å². The standard InChI is InChI=1S/C12H19NO/c1-9(2)3-4-11-10-6-8-14-12(10)5-7-13-11/h6,8-9,11,13H,3-5,7H2,1-2H3. The van der Waals surface area contributed by atoms with Gasteiger partial charge in [-0.15, -0.1) is 0 Å². The molecule has 0 aromatic carbocycles. The van der Waals surface area contributed by atoms with Crippen LogP contribution in [0.3, 0.4) is 0 Å². The molecular formula is C12H19NO. The number of furan rings is 1. The molecule has 0 bridgehead atoms. The smallest absolute Gasteiger partial charge is 0.109 e. The maximum atomic E-state index is 5.45. The van der Waals surface area contributed by atoms with Crippen LogP contribution in [0.25, 0.3) is 0 Å². The van der Waals surface area contributed by atoms with E-state index in [1.807, 2.05) is 6.26 Å². The van der Waals surface area contributed by atoms with Crippen molar-refractivity contribution in [2.24, 2.45) is 5.92 Å². The molecule has 2 heterocycles. The lowest BCUT2D eigenvalue weighted by atomic mass is 9.95. The van der Waals surface area contributed by atoms with Crippen LogP contribution in [0.4, 0.5) is 0 Å². The molecule has 0 radical (unpaired) electrons. The first-order valence-corrected chi connectivity index (χ1v) is 5.57. The molecule has 1 aliphatic heterocycles. The molecule has 1 aromatic rings. The summed E-state index contributed by atoms with van der Waals surface area (Å²) in [6.45, 7) is 5.61. The van der Waals surface area contributed by atoms with E-state index in [0.29, 0.717) is 6.04 Å². The molecule has 0 amide bonds. The molecule has 0 saturated carbocycles. The molecule has 0 aliphatic carbocycles. The van der Waals surface area contributed by atoms with Crippen LogP contribution in [-0.4, -0.2) is 6.54 Å². The van der Waals surface area contributed by atoms with E-state index in [2.05, 4.69) is 25.2 Å². The highest BCUT2D eigenvalue weighted by molar-refractivity contribution is 5.24. The lowest BCUT2D eigenvalue weighted by Crippen LogP contribution is -2.29. The van der Waals surface area contributed by atoms with Gasteiger partial charge in [-0.1, -0.05) is 13.8 Å². The van der Waals surface area contributed by atoms with Crippen molar-refractivity contribution in [3.8, 4) is 0 Å². The van der Waals surface area contributed by atoms with E-state index in [9.17, 15) is 0 Å². The van der Waals surface area contributed by atoms with Crippen molar-refractivity contribution in [2.45, 2.75) is 39.2 Å². The molecular weight excluding hydrogens is 174 g/mol. The third-order valence-corrected chi connectivity index (χ3v) is 2.93. The van der Waals surface area contributed by atoms with Gasteiger partial charge in [-0.25, -0.2) is 0 Å². The normalized spacial score (nSPS) is 21.2. The van der Waals surface area contributed by atoms with Crippen LogP contribution in [0, 0.1) is 5.92 Å². The summed E-state index contributed by atoms with van der Waals surface area (Å²) >= 11 is 0. The molecule has 0 spiro atoms. The number of nitrogens with one attached hydrogen (secondary N) is 1. The molecule has 2 heteroatoms. The van der Waals surface area contributed by atoms with Gasteiger partial charge in [0, 0.05) is 24.6 Å². The van der Waals surface area contributed by atoms with Crippen LogP contribution < -0.4 is 5.32 Å². The van der Waals surface area contributed by atoms with Crippen LogP contribution in [0.15, 0.2) is 16.7 Å². The topological polar surface area (TPSA) is 25.2 Å². The Morgan fingerprint density at radius 1 is 1.57 bits per heavy atom. The monoisotopic (exact) mass is 193 g/mol. The number of hydrogen-bond acceptors (Lipinski definition) is 2. The fraction of sp³-hybridized carbons (Fsp3) is 0.667. The first-order chi connectivity index (χ1) is 6.77. The fourth-order valence-corrected chi connectivity index (χ4v) is 2.09. The molecule has 0 saturated heterocycles. The molecule has 0 fully saturated rings. The van der Waals surface area contributed by atoms with E-state index in [-0.39, 0.29) is 0 Å². The lowest BCUT2D eigenvalue weighted by Gasteiger charge is -2.23. The molecule has 2 nitrogen and oxygen atoms in total. The average Bonchev–Trinajstić information content (AvgIpc) is 2.62. The van der Waals surface area contributed by atoms with Crippen molar-refractivity contribution in [1.82, 2.24) is 5.32 Å². The Morgan fingerprint density at radius 2 is 2.43 bits per heavy atom. The summed E-state index contributed by atoms with van der Waals surface area (Å²) in [6, 6.07) is 2.65. The SMILES string of the molecule is CC(C)CCC1NCCc2occc21. The highest BCUT2D eigenvalue weighted by Crippen LogP contribution is 2.28. The van der Waals surface area contributed by atoms with E-state index < -0.39 is 0 Å². The maximum Gasteiger partial charge on any atom is 0.109 e. The number of rotatable bonds is 3. The average molecular weight is 193 g/mol. The Labute approximate surface area is 85.7 Å². The Bertz CT molecular complexity index is 290. The minimum Gasteiger partial charge on any atom is -0.469 e. The van der Waals surface area contributed by atoms with Gasteiger partial charge in [-0.3, -0.25) is 0 Å². The molecule has 1 unspecified atom stereocenters. The highest BCUT2D eigenvalue weighted by atomic mass is 16.3. The van der Waals surface area contributed by atoms with E-state index in [1.54, 1.807) is 0 Å². The van der Waals surface area contributed by atoms with Crippen molar-refractivity contribution in [1.29, 1.82) is 0 Å². The largest absolute Gasteiger partial charge is 0.469 e. The first-order valence-electron chi connectivity index (χ1n) is 5.57. The predicted octanol–water partition coefficient (Wildman–Crippen LogP) is 2.90. The summed E-state index contributed by atoms with van der Waals surface area (Å²) < 4.78 is 5.45. The molecule has 14 heavy (non-hydrogen) atoms. The zero-order chi connectivity index (χ0) is 9.97.